The van der Waals surface area contributed by atoms with Gasteiger partial charge in [-0.25, -0.2) is 0 Å². The molecule has 4 heterocycles. The first-order valence-electron chi connectivity index (χ1n) is 30.8. The normalized spacial score (nSPS) is 10.8. The number of para-hydroxylation sites is 2. The lowest BCUT2D eigenvalue weighted by atomic mass is 10.0. The summed E-state index contributed by atoms with van der Waals surface area (Å²) in [5.74, 6) is 0. The fourth-order valence-electron chi connectivity index (χ4n) is 11.5. The van der Waals surface area contributed by atoms with Gasteiger partial charge in [-0.05, 0) is 140 Å². The zero-order valence-corrected chi connectivity index (χ0v) is 55.0. The average Bonchev–Trinajstić information content (AvgIpc) is 1.62. The third-order valence-electron chi connectivity index (χ3n) is 16.5. The molecule has 0 aliphatic heterocycles. The van der Waals surface area contributed by atoms with Gasteiger partial charge >= 0.3 is 0 Å². The van der Waals surface area contributed by atoms with Gasteiger partial charge in [0.25, 0.3) is 0 Å². The molecule has 8 heteroatoms. The van der Waals surface area contributed by atoms with E-state index in [4.69, 9.17) is 0 Å². The van der Waals surface area contributed by atoms with Crippen LogP contribution in [-0.2, 0) is 0 Å². The highest BCUT2D eigenvalue weighted by Crippen LogP contribution is 2.43. The predicted octanol–water partition coefficient (Wildman–Crippen LogP) is 25.3. The lowest BCUT2D eigenvalue weighted by molar-refractivity contribution is 1.24. The zero-order valence-electron chi connectivity index (χ0n) is 51.8. The molecule has 4 aromatic heterocycles. The minimum atomic E-state index is 1.21. The van der Waals surface area contributed by atoms with Gasteiger partial charge in [0.05, 0.1) is 20.0 Å². The van der Waals surface area contributed by atoms with Crippen LogP contribution in [0.1, 0.15) is 0 Å². The molecule has 16 aromatic rings. The Bertz CT molecular complexity index is 5010. The Morgan fingerprint density at radius 1 is 0.196 bits per heavy atom. The van der Waals surface area contributed by atoms with Crippen LogP contribution in [0.15, 0.2) is 340 Å². The third-order valence-corrected chi connectivity index (χ3v) is 21.3. The molecule has 92 heavy (non-hydrogen) atoms. The molecule has 0 spiro atoms. The van der Waals surface area contributed by atoms with Gasteiger partial charge in [0.15, 0.2) is 0 Å². The highest BCUT2D eigenvalue weighted by molar-refractivity contribution is 7.20. The summed E-state index contributed by atoms with van der Waals surface area (Å²) in [6.45, 7) is 0. The molecular formula is C84H68N4S4. The number of anilines is 8. The summed E-state index contributed by atoms with van der Waals surface area (Å²) in [6.07, 6.45) is 0. The fourth-order valence-corrected chi connectivity index (χ4v) is 15.5. The smallest absolute Gasteiger partial charge is 0.0957 e. The maximum atomic E-state index is 2.29. The van der Waals surface area contributed by atoms with Crippen molar-refractivity contribution >= 4 is 131 Å². The first kappa shape index (κ1) is 60.6. The van der Waals surface area contributed by atoms with Gasteiger partial charge in [0.1, 0.15) is 0 Å². The molecule has 0 bridgehead atoms. The van der Waals surface area contributed by atoms with Crippen molar-refractivity contribution in [2.24, 2.45) is 0 Å². The lowest BCUT2D eigenvalue weighted by Gasteiger charge is -2.19. The summed E-state index contributed by atoms with van der Waals surface area (Å²) in [7, 11) is 8.52. The first-order chi connectivity index (χ1) is 45.3. The largest absolute Gasteiger partial charge is 0.336 e. The third kappa shape index (κ3) is 13.7. The highest BCUT2D eigenvalue weighted by atomic mass is 32.1. The summed E-state index contributed by atoms with van der Waals surface area (Å²) >= 11 is 7.31. The molecular weight excluding hydrogens is 1190 g/mol. The SMILES string of the molecule is CN(c1ccc(-c2cccc3ccccc23)s1)c1cccc2ccccc12.CN(c1ccc(-c2ccccc2)s1)c1cccc2ccccc12.CN(c1ccccc1)c1ccc(-c2cccc3ccccc23)s1.CN(c1ccccc1)c1ccc(-c2ccccc2)s1. The summed E-state index contributed by atoms with van der Waals surface area (Å²) in [4.78, 5) is 14.2. The van der Waals surface area contributed by atoms with E-state index in [9.17, 15) is 0 Å². The number of rotatable bonds is 12. The van der Waals surface area contributed by atoms with E-state index in [1.807, 2.05) is 63.5 Å². The number of nitrogens with zero attached hydrogens (tertiary/aromatic N) is 4. The minimum absolute atomic E-state index is 1.21. The van der Waals surface area contributed by atoms with E-state index in [0.29, 0.717) is 0 Å². The molecule has 0 unspecified atom stereocenters. The second-order valence-electron chi connectivity index (χ2n) is 22.2. The molecule has 0 atom stereocenters. The van der Waals surface area contributed by atoms with Gasteiger partial charge in [-0.15, -0.1) is 45.3 Å². The van der Waals surface area contributed by atoms with Crippen molar-refractivity contribution in [3.8, 4) is 41.8 Å². The van der Waals surface area contributed by atoms with Crippen LogP contribution in [-0.4, -0.2) is 28.2 Å². The quantitative estimate of drug-likeness (QED) is 0.121. The molecule has 0 saturated carbocycles. The van der Waals surface area contributed by atoms with Crippen LogP contribution in [0, 0.1) is 0 Å². The fraction of sp³-hybridized carbons (Fsp3) is 0.0476. The number of fused-ring (bicyclic) bond motifs is 4. The maximum Gasteiger partial charge on any atom is 0.0957 e. The molecule has 0 N–H and O–H groups in total. The summed E-state index contributed by atoms with van der Waals surface area (Å²) in [6, 6.07) is 120. The Kier molecular flexibility index (Phi) is 18.9. The van der Waals surface area contributed by atoms with Gasteiger partial charge in [-0.2, -0.15) is 0 Å². The number of hydrogen-bond donors (Lipinski definition) is 0. The standard InChI is InChI=1S/C25H19NS.2C21H17NS.C17H15NS/c1-26(23-15-7-11-19-9-3-5-13-21(19)23)25-17-16-24(27-25)22-14-6-10-18-8-2-4-12-20(18)22;1-22(17-10-3-2-4-11-17)21-15-14-20(23-21)19-13-7-9-16-8-5-6-12-18(16)19;1-22(19-13-7-11-16-8-5-6-12-18(16)19)21-15-14-20(23-21)17-9-3-2-4-10-17;1-18(15-10-6-3-7-11-15)17-13-12-16(19-17)14-8-4-2-5-9-14/h2-17H,1H3;2*2-15H,1H3;2-13H,1H3. The van der Waals surface area contributed by atoms with E-state index in [2.05, 4.69) is 369 Å². The summed E-state index contributed by atoms with van der Waals surface area (Å²) in [5.41, 5.74) is 10.1. The number of benzene rings is 12. The van der Waals surface area contributed by atoms with E-state index in [1.165, 1.54) is 128 Å². The number of hydrogen-bond acceptors (Lipinski definition) is 8. The number of thiophene rings is 4. The van der Waals surface area contributed by atoms with Crippen molar-refractivity contribution in [1.82, 2.24) is 0 Å². The molecule has 0 radical (unpaired) electrons. The topological polar surface area (TPSA) is 13.0 Å². The van der Waals surface area contributed by atoms with Gasteiger partial charge in [0.2, 0.25) is 0 Å². The van der Waals surface area contributed by atoms with E-state index in [-0.39, 0.29) is 0 Å². The Balaban J connectivity index is 0.000000113. The zero-order chi connectivity index (χ0) is 62.6. The summed E-state index contributed by atoms with van der Waals surface area (Å²) in [5, 5.41) is 15.3. The molecule has 0 fully saturated rings. The van der Waals surface area contributed by atoms with Gasteiger partial charge in [-0.1, -0.05) is 255 Å². The van der Waals surface area contributed by atoms with Crippen LogP contribution in [0.25, 0.3) is 84.9 Å². The van der Waals surface area contributed by atoms with Crippen molar-refractivity contribution in [3.05, 3.63) is 340 Å². The molecule has 0 aliphatic rings. The van der Waals surface area contributed by atoms with E-state index >= 15 is 0 Å². The summed E-state index contributed by atoms with van der Waals surface area (Å²) < 4.78 is 0. The van der Waals surface area contributed by atoms with Crippen LogP contribution in [0.5, 0.6) is 0 Å². The first-order valence-corrected chi connectivity index (χ1v) is 34.0. The molecule has 448 valence electrons. The molecule has 16 rings (SSSR count). The van der Waals surface area contributed by atoms with Crippen molar-refractivity contribution in [2.45, 2.75) is 0 Å². The monoisotopic (exact) mass is 1260 g/mol. The van der Waals surface area contributed by atoms with Gasteiger partial charge < -0.3 is 19.6 Å². The van der Waals surface area contributed by atoms with Crippen LogP contribution >= 0.6 is 45.3 Å². The van der Waals surface area contributed by atoms with Crippen LogP contribution in [0.4, 0.5) is 42.8 Å². The minimum Gasteiger partial charge on any atom is -0.336 e. The molecule has 12 aromatic carbocycles. The van der Waals surface area contributed by atoms with Crippen molar-refractivity contribution in [1.29, 1.82) is 0 Å². The van der Waals surface area contributed by atoms with Crippen LogP contribution in [0.2, 0.25) is 0 Å². The Hall–Kier alpha value is -10.3. The van der Waals surface area contributed by atoms with Crippen molar-refractivity contribution in [2.75, 3.05) is 47.8 Å². The van der Waals surface area contributed by atoms with Crippen LogP contribution < -0.4 is 19.6 Å². The Morgan fingerprint density at radius 2 is 0.457 bits per heavy atom. The van der Waals surface area contributed by atoms with E-state index in [0.717, 1.165) is 0 Å². The van der Waals surface area contributed by atoms with E-state index < -0.39 is 0 Å². The molecule has 4 nitrogen and oxygen atoms in total. The van der Waals surface area contributed by atoms with Crippen molar-refractivity contribution in [3.63, 3.8) is 0 Å². The lowest BCUT2D eigenvalue weighted by Crippen LogP contribution is -2.07. The molecule has 0 amide bonds. The van der Waals surface area contributed by atoms with E-state index in [1.54, 1.807) is 0 Å². The highest BCUT2D eigenvalue weighted by Gasteiger charge is 2.16. The Morgan fingerprint density at radius 3 is 0.826 bits per heavy atom. The Labute approximate surface area is 556 Å². The van der Waals surface area contributed by atoms with Crippen LogP contribution in [0.3, 0.4) is 0 Å². The van der Waals surface area contributed by atoms with Crippen molar-refractivity contribution < 1.29 is 0 Å². The molecule has 0 aliphatic carbocycles. The van der Waals surface area contributed by atoms with Gasteiger partial charge in [0, 0.05) is 81.2 Å². The average molecular weight is 1260 g/mol. The van der Waals surface area contributed by atoms with Gasteiger partial charge in [-0.3, -0.25) is 0 Å². The second-order valence-corrected chi connectivity index (χ2v) is 26.5. The maximum absolute atomic E-state index is 2.29. The predicted molar refractivity (Wildman–Crippen MR) is 407 cm³/mol. The molecule has 0 saturated heterocycles. The second kappa shape index (κ2) is 28.7.